The molecule has 2 saturated heterocycles. The minimum Gasteiger partial charge on any atom is -0.334 e. The summed E-state index contributed by atoms with van der Waals surface area (Å²) in [5, 5.41) is 0. The monoisotopic (exact) mass is 363 g/mol. The summed E-state index contributed by atoms with van der Waals surface area (Å²) < 4.78 is 0. The fraction of sp³-hybridized carbons (Fsp3) is 0.286. The third kappa shape index (κ3) is 2.97. The van der Waals surface area contributed by atoms with Gasteiger partial charge >= 0.3 is 6.03 Å². The molecule has 27 heavy (non-hydrogen) atoms. The van der Waals surface area contributed by atoms with Crippen molar-refractivity contribution in [2.24, 2.45) is 0 Å². The van der Waals surface area contributed by atoms with Crippen molar-refractivity contribution >= 4 is 17.8 Å². The molecule has 0 aromatic heterocycles. The molecule has 0 N–H and O–H groups in total. The lowest BCUT2D eigenvalue weighted by molar-refractivity contribution is -0.130. The molecule has 0 aliphatic carbocycles. The molecule has 138 valence electrons. The molecule has 2 heterocycles. The van der Waals surface area contributed by atoms with E-state index in [2.05, 4.69) is 0 Å². The number of rotatable bonds is 3. The van der Waals surface area contributed by atoms with Gasteiger partial charge in [-0.15, -0.1) is 0 Å². The zero-order chi connectivity index (χ0) is 19.0. The molecule has 6 nitrogen and oxygen atoms in total. The number of nitrogens with zero attached hydrogens (tertiary/aromatic N) is 3. The Hall–Kier alpha value is -3.15. The second-order valence-electron chi connectivity index (χ2n) is 6.90. The second kappa shape index (κ2) is 6.87. The normalized spacial score (nSPS) is 20.6. The Morgan fingerprint density at radius 3 is 2.26 bits per heavy atom. The lowest BCUT2D eigenvalue weighted by atomic mass is 10.1. The summed E-state index contributed by atoms with van der Waals surface area (Å²) in [7, 11) is 0. The summed E-state index contributed by atoms with van der Waals surface area (Å²) in [4.78, 5) is 43.1. The molecule has 2 aromatic carbocycles. The van der Waals surface area contributed by atoms with Gasteiger partial charge < -0.3 is 9.80 Å². The quantitative estimate of drug-likeness (QED) is 0.788. The fourth-order valence-electron chi connectivity index (χ4n) is 3.80. The van der Waals surface area contributed by atoms with Gasteiger partial charge in [-0.3, -0.25) is 14.5 Å². The number of carbonyl (C=O) groups excluding carboxylic acids is 3. The average Bonchev–Trinajstić information content (AvgIpc) is 2.98. The number of imide groups is 1. The third-order valence-corrected chi connectivity index (χ3v) is 5.33. The third-order valence-electron chi connectivity index (χ3n) is 5.33. The number of fused-ring (bicyclic) bond motifs is 1. The molecule has 0 spiro atoms. The van der Waals surface area contributed by atoms with E-state index < -0.39 is 6.04 Å². The topological polar surface area (TPSA) is 60.9 Å². The highest BCUT2D eigenvalue weighted by Gasteiger charge is 2.50. The van der Waals surface area contributed by atoms with Crippen LogP contribution in [0.15, 0.2) is 60.7 Å². The largest absolute Gasteiger partial charge is 0.334 e. The van der Waals surface area contributed by atoms with Gasteiger partial charge in [0.15, 0.2) is 0 Å². The van der Waals surface area contributed by atoms with Crippen LogP contribution in [0.3, 0.4) is 0 Å². The van der Waals surface area contributed by atoms with Crippen molar-refractivity contribution in [3.63, 3.8) is 0 Å². The van der Waals surface area contributed by atoms with Crippen LogP contribution in [-0.4, -0.2) is 58.2 Å². The molecule has 2 aromatic rings. The van der Waals surface area contributed by atoms with E-state index in [1.54, 1.807) is 21.9 Å². The van der Waals surface area contributed by atoms with Gasteiger partial charge in [0.05, 0.1) is 12.6 Å². The molecule has 0 saturated carbocycles. The van der Waals surface area contributed by atoms with Gasteiger partial charge in [-0.05, 0) is 24.6 Å². The Morgan fingerprint density at radius 2 is 1.59 bits per heavy atom. The standard InChI is InChI=1S/C21H21N3O3/c1-15(16-8-4-2-5-9-16)24-20(26)18-14-22(12-13-23(18)21(24)27)19(25)17-10-6-3-7-11-17/h2-11,15,18H,12-14H2,1H3/t15-,18+/m0/s1. The number of hydrogen-bond acceptors (Lipinski definition) is 3. The molecule has 6 heteroatoms. The lowest BCUT2D eigenvalue weighted by Crippen LogP contribution is -2.54. The molecule has 0 unspecified atom stereocenters. The summed E-state index contributed by atoms with van der Waals surface area (Å²) in [6.45, 7) is 2.88. The van der Waals surface area contributed by atoms with E-state index in [4.69, 9.17) is 0 Å². The molecule has 0 bridgehead atoms. The summed E-state index contributed by atoms with van der Waals surface area (Å²) in [6.07, 6.45) is 0. The first kappa shape index (κ1) is 17.3. The highest BCUT2D eigenvalue weighted by atomic mass is 16.2. The molecule has 2 aliphatic rings. The van der Waals surface area contributed by atoms with Crippen molar-refractivity contribution in [1.29, 1.82) is 0 Å². The van der Waals surface area contributed by atoms with Crippen molar-refractivity contribution in [1.82, 2.24) is 14.7 Å². The second-order valence-corrected chi connectivity index (χ2v) is 6.90. The Balaban J connectivity index is 1.54. The van der Waals surface area contributed by atoms with Gasteiger partial charge in [0.25, 0.3) is 11.8 Å². The summed E-state index contributed by atoms with van der Waals surface area (Å²) in [6, 6.07) is 17.3. The molecule has 4 amide bonds. The van der Waals surface area contributed by atoms with Crippen LogP contribution in [0.5, 0.6) is 0 Å². The number of hydrogen-bond donors (Lipinski definition) is 0. The summed E-state index contributed by atoms with van der Waals surface area (Å²) >= 11 is 0. The van der Waals surface area contributed by atoms with Gasteiger partial charge in [-0.1, -0.05) is 48.5 Å². The van der Waals surface area contributed by atoms with Crippen molar-refractivity contribution in [3.05, 3.63) is 71.8 Å². The van der Waals surface area contributed by atoms with Crippen LogP contribution in [0.2, 0.25) is 0 Å². The van der Waals surface area contributed by atoms with Crippen molar-refractivity contribution < 1.29 is 14.4 Å². The minimum absolute atomic E-state index is 0.106. The molecule has 2 fully saturated rings. The minimum atomic E-state index is -0.606. The Labute approximate surface area is 158 Å². The van der Waals surface area contributed by atoms with E-state index in [9.17, 15) is 14.4 Å². The van der Waals surface area contributed by atoms with Crippen LogP contribution in [0.1, 0.15) is 28.9 Å². The van der Waals surface area contributed by atoms with Crippen LogP contribution < -0.4 is 0 Å². The average molecular weight is 363 g/mol. The van der Waals surface area contributed by atoms with E-state index >= 15 is 0 Å². The number of amides is 4. The van der Waals surface area contributed by atoms with Gasteiger partial charge in [-0.2, -0.15) is 0 Å². The highest BCUT2D eigenvalue weighted by Crippen LogP contribution is 2.30. The molecular formula is C21H21N3O3. The van der Waals surface area contributed by atoms with Gasteiger partial charge in [0.1, 0.15) is 6.04 Å². The SMILES string of the molecule is C[C@@H](c1ccccc1)N1C(=O)[C@H]2CN(C(=O)c3ccccc3)CCN2C1=O. The van der Waals surface area contributed by atoms with Gasteiger partial charge in [-0.25, -0.2) is 4.79 Å². The lowest BCUT2D eigenvalue weighted by Gasteiger charge is -2.35. The molecular weight excluding hydrogens is 342 g/mol. The number of carbonyl (C=O) groups is 3. The zero-order valence-corrected chi connectivity index (χ0v) is 15.1. The molecule has 0 radical (unpaired) electrons. The number of urea groups is 1. The summed E-state index contributed by atoms with van der Waals surface area (Å²) in [5.41, 5.74) is 1.51. The van der Waals surface area contributed by atoms with Crippen molar-refractivity contribution in [3.8, 4) is 0 Å². The molecule has 2 aliphatic heterocycles. The maximum Gasteiger partial charge on any atom is 0.328 e. The highest BCUT2D eigenvalue weighted by molar-refractivity contribution is 6.05. The summed E-state index contributed by atoms with van der Waals surface area (Å²) in [5.74, 6) is -0.341. The van der Waals surface area contributed by atoms with E-state index in [0.717, 1.165) is 5.56 Å². The van der Waals surface area contributed by atoms with Crippen LogP contribution in [0, 0.1) is 0 Å². The zero-order valence-electron chi connectivity index (χ0n) is 15.1. The fourth-order valence-corrected chi connectivity index (χ4v) is 3.80. The molecule has 4 rings (SSSR count). The van der Waals surface area contributed by atoms with E-state index in [0.29, 0.717) is 18.7 Å². The Bertz CT molecular complexity index is 869. The maximum absolute atomic E-state index is 13.0. The van der Waals surface area contributed by atoms with E-state index in [-0.39, 0.29) is 30.4 Å². The van der Waals surface area contributed by atoms with E-state index in [1.807, 2.05) is 55.5 Å². The van der Waals surface area contributed by atoms with E-state index in [1.165, 1.54) is 4.90 Å². The Kier molecular flexibility index (Phi) is 4.39. The smallest absolute Gasteiger partial charge is 0.328 e. The first-order valence-electron chi connectivity index (χ1n) is 9.11. The number of piperazine rings is 1. The van der Waals surface area contributed by atoms with Crippen LogP contribution in [-0.2, 0) is 4.79 Å². The predicted molar refractivity (Wildman–Crippen MR) is 99.9 cm³/mol. The van der Waals surface area contributed by atoms with Crippen LogP contribution in [0.25, 0.3) is 0 Å². The van der Waals surface area contributed by atoms with Crippen LogP contribution >= 0.6 is 0 Å². The van der Waals surface area contributed by atoms with Crippen molar-refractivity contribution in [2.75, 3.05) is 19.6 Å². The van der Waals surface area contributed by atoms with Crippen LogP contribution in [0.4, 0.5) is 4.79 Å². The first-order valence-corrected chi connectivity index (χ1v) is 9.11. The van der Waals surface area contributed by atoms with Gasteiger partial charge in [0.2, 0.25) is 0 Å². The van der Waals surface area contributed by atoms with Crippen molar-refractivity contribution in [2.45, 2.75) is 19.0 Å². The Morgan fingerprint density at radius 1 is 0.963 bits per heavy atom. The number of benzene rings is 2. The first-order chi connectivity index (χ1) is 13.1. The molecule has 2 atom stereocenters. The maximum atomic E-state index is 13.0. The predicted octanol–water partition coefficient (Wildman–Crippen LogP) is 2.54. The van der Waals surface area contributed by atoms with Gasteiger partial charge in [0, 0.05) is 18.7 Å².